The van der Waals surface area contributed by atoms with Crippen LogP contribution in [0.1, 0.15) is 51.9 Å². The molecular weight excluding hydrogens is 188 g/mol. The molecule has 0 saturated heterocycles. The van der Waals surface area contributed by atoms with Crippen LogP contribution >= 0.6 is 0 Å². The lowest BCUT2D eigenvalue weighted by atomic mass is 9.85. The molecule has 15 heavy (non-hydrogen) atoms. The van der Waals surface area contributed by atoms with Crippen molar-refractivity contribution in [2.75, 3.05) is 13.1 Å². The number of carbonyl (C=O) groups excluding carboxylic acids is 1. The lowest BCUT2D eigenvalue weighted by Gasteiger charge is -2.25. The molecule has 3 N–H and O–H groups in total. The van der Waals surface area contributed by atoms with E-state index in [9.17, 15) is 4.79 Å². The van der Waals surface area contributed by atoms with Crippen molar-refractivity contribution < 1.29 is 4.79 Å². The monoisotopic (exact) mass is 212 g/mol. The van der Waals surface area contributed by atoms with Gasteiger partial charge >= 0.3 is 0 Å². The first-order valence-electron chi connectivity index (χ1n) is 6.23. The molecule has 0 radical (unpaired) electrons. The van der Waals surface area contributed by atoms with Crippen LogP contribution in [0.15, 0.2) is 0 Å². The van der Waals surface area contributed by atoms with E-state index in [1.807, 2.05) is 0 Å². The Morgan fingerprint density at radius 3 is 2.53 bits per heavy atom. The minimum absolute atomic E-state index is 0.193. The lowest BCUT2D eigenvalue weighted by molar-refractivity contribution is -0.130. The number of nitrogens with two attached hydrogens (primary N) is 1. The van der Waals surface area contributed by atoms with Gasteiger partial charge in [0.1, 0.15) is 0 Å². The van der Waals surface area contributed by atoms with Crippen molar-refractivity contribution in [3.8, 4) is 0 Å². The Balaban J connectivity index is 2.31. The summed E-state index contributed by atoms with van der Waals surface area (Å²) in [5.41, 5.74) is 5.51. The van der Waals surface area contributed by atoms with Gasteiger partial charge < -0.3 is 11.1 Å². The minimum Gasteiger partial charge on any atom is -0.356 e. The molecule has 0 spiro atoms. The summed E-state index contributed by atoms with van der Waals surface area (Å²) >= 11 is 0. The fraction of sp³-hybridized carbons (Fsp3) is 0.917. The van der Waals surface area contributed by atoms with Gasteiger partial charge in [0.25, 0.3) is 0 Å². The van der Waals surface area contributed by atoms with Crippen molar-refractivity contribution in [3.63, 3.8) is 0 Å². The molecular formula is C12H24N2O. The van der Waals surface area contributed by atoms with Gasteiger partial charge in [-0.1, -0.05) is 32.6 Å². The lowest BCUT2D eigenvalue weighted by Crippen LogP contribution is -2.44. The summed E-state index contributed by atoms with van der Waals surface area (Å²) in [4.78, 5) is 12.0. The van der Waals surface area contributed by atoms with Crippen LogP contribution in [0.4, 0.5) is 0 Å². The Hall–Kier alpha value is -0.570. The molecule has 88 valence electrons. The van der Waals surface area contributed by atoms with E-state index in [0.29, 0.717) is 6.54 Å². The van der Waals surface area contributed by atoms with E-state index in [0.717, 1.165) is 38.6 Å². The third-order valence-corrected chi connectivity index (χ3v) is 3.50. The van der Waals surface area contributed by atoms with Crippen LogP contribution in [-0.4, -0.2) is 19.0 Å². The zero-order chi connectivity index (χ0) is 11.1. The molecule has 0 bridgehead atoms. The number of rotatable bonds is 6. The van der Waals surface area contributed by atoms with Crippen molar-refractivity contribution in [3.05, 3.63) is 0 Å². The van der Waals surface area contributed by atoms with Gasteiger partial charge in [0.15, 0.2) is 0 Å². The maximum Gasteiger partial charge on any atom is 0.227 e. The molecule has 1 rings (SSSR count). The van der Waals surface area contributed by atoms with E-state index < -0.39 is 0 Å². The summed E-state index contributed by atoms with van der Waals surface area (Å²) in [5, 5.41) is 3.03. The summed E-state index contributed by atoms with van der Waals surface area (Å²) in [6.07, 6.45) is 7.72. The molecule has 3 nitrogen and oxygen atoms in total. The van der Waals surface area contributed by atoms with E-state index in [1.54, 1.807) is 0 Å². The number of carbonyl (C=O) groups is 1. The number of hydrogen-bond donors (Lipinski definition) is 2. The van der Waals surface area contributed by atoms with Crippen LogP contribution in [0.2, 0.25) is 0 Å². The van der Waals surface area contributed by atoms with Crippen molar-refractivity contribution in [1.29, 1.82) is 0 Å². The maximum atomic E-state index is 12.0. The van der Waals surface area contributed by atoms with E-state index in [2.05, 4.69) is 12.2 Å². The predicted molar refractivity (Wildman–Crippen MR) is 62.5 cm³/mol. The molecule has 0 aromatic heterocycles. The second kappa shape index (κ2) is 6.11. The van der Waals surface area contributed by atoms with Crippen LogP contribution in [-0.2, 0) is 4.79 Å². The van der Waals surface area contributed by atoms with Gasteiger partial charge in [-0.05, 0) is 19.3 Å². The van der Waals surface area contributed by atoms with Gasteiger partial charge in [0.2, 0.25) is 5.91 Å². The van der Waals surface area contributed by atoms with E-state index in [1.165, 1.54) is 12.8 Å². The van der Waals surface area contributed by atoms with Gasteiger partial charge in [0.05, 0.1) is 5.41 Å². The first-order chi connectivity index (χ1) is 7.25. The summed E-state index contributed by atoms with van der Waals surface area (Å²) in [7, 11) is 0. The van der Waals surface area contributed by atoms with Crippen molar-refractivity contribution in [1.82, 2.24) is 5.32 Å². The molecule has 0 aliphatic heterocycles. The topological polar surface area (TPSA) is 55.1 Å². The zero-order valence-electron chi connectivity index (χ0n) is 9.85. The fourth-order valence-electron chi connectivity index (χ4n) is 2.34. The highest BCUT2D eigenvalue weighted by Gasteiger charge is 2.39. The highest BCUT2D eigenvalue weighted by molar-refractivity contribution is 5.83. The van der Waals surface area contributed by atoms with Gasteiger partial charge in [-0.3, -0.25) is 4.79 Å². The van der Waals surface area contributed by atoms with E-state index in [-0.39, 0.29) is 11.3 Å². The molecule has 3 heteroatoms. The Bertz CT molecular complexity index is 198. The Morgan fingerprint density at radius 1 is 1.33 bits per heavy atom. The average molecular weight is 212 g/mol. The molecule has 0 heterocycles. The van der Waals surface area contributed by atoms with E-state index >= 15 is 0 Å². The summed E-state index contributed by atoms with van der Waals surface area (Å²) in [6.45, 7) is 3.49. The fourth-order valence-corrected chi connectivity index (χ4v) is 2.34. The van der Waals surface area contributed by atoms with Gasteiger partial charge in [-0.25, -0.2) is 0 Å². The molecule has 1 amide bonds. The molecule has 0 atom stereocenters. The average Bonchev–Trinajstić information content (AvgIpc) is 2.74. The first kappa shape index (κ1) is 12.5. The van der Waals surface area contributed by atoms with Crippen LogP contribution in [0.25, 0.3) is 0 Å². The van der Waals surface area contributed by atoms with Crippen molar-refractivity contribution in [2.45, 2.75) is 51.9 Å². The van der Waals surface area contributed by atoms with Crippen LogP contribution in [0.3, 0.4) is 0 Å². The first-order valence-corrected chi connectivity index (χ1v) is 6.23. The van der Waals surface area contributed by atoms with E-state index in [4.69, 9.17) is 5.73 Å². The number of nitrogens with one attached hydrogen (secondary N) is 1. The van der Waals surface area contributed by atoms with Crippen molar-refractivity contribution >= 4 is 5.91 Å². The predicted octanol–water partition coefficient (Wildman–Crippen LogP) is 1.81. The second-order valence-electron chi connectivity index (χ2n) is 4.65. The third-order valence-electron chi connectivity index (χ3n) is 3.50. The molecule has 0 aromatic carbocycles. The summed E-state index contributed by atoms with van der Waals surface area (Å²) < 4.78 is 0. The number of unbranched alkanes of at least 4 members (excludes halogenated alkanes) is 2. The molecule has 1 aliphatic rings. The summed E-state index contributed by atoms with van der Waals surface area (Å²) in [5.74, 6) is 0.193. The van der Waals surface area contributed by atoms with Crippen LogP contribution in [0.5, 0.6) is 0 Å². The minimum atomic E-state index is -0.230. The molecule has 0 aromatic rings. The zero-order valence-corrected chi connectivity index (χ0v) is 9.85. The summed E-state index contributed by atoms with van der Waals surface area (Å²) in [6, 6.07) is 0. The van der Waals surface area contributed by atoms with Crippen LogP contribution in [0, 0.1) is 5.41 Å². The smallest absolute Gasteiger partial charge is 0.227 e. The molecule has 0 unspecified atom stereocenters. The third kappa shape index (κ3) is 3.20. The largest absolute Gasteiger partial charge is 0.356 e. The van der Waals surface area contributed by atoms with Gasteiger partial charge in [-0.2, -0.15) is 0 Å². The number of hydrogen-bond acceptors (Lipinski definition) is 2. The normalized spacial score (nSPS) is 19.1. The Kier molecular flexibility index (Phi) is 5.09. The van der Waals surface area contributed by atoms with Gasteiger partial charge in [0, 0.05) is 13.1 Å². The Labute approximate surface area is 92.8 Å². The van der Waals surface area contributed by atoms with Gasteiger partial charge in [-0.15, -0.1) is 0 Å². The Morgan fingerprint density at radius 2 is 2.00 bits per heavy atom. The highest BCUT2D eigenvalue weighted by atomic mass is 16.2. The quantitative estimate of drug-likeness (QED) is 0.660. The molecule has 1 saturated carbocycles. The number of amides is 1. The maximum absolute atomic E-state index is 12.0. The SMILES string of the molecule is CCCCCNC(=O)C1(CN)CCCC1. The molecule has 1 fully saturated rings. The van der Waals surface area contributed by atoms with Crippen molar-refractivity contribution in [2.24, 2.45) is 11.1 Å². The molecule has 1 aliphatic carbocycles. The highest BCUT2D eigenvalue weighted by Crippen LogP contribution is 2.37. The standard InChI is InChI=1S/C12H24N2O/c1-2-3-6-9-14-11(15)12(10-13)7-4-5-8-12/h2-10,13H2,1H3,(H,14,15). The van der Waals surface area contributed by atoms with Crippen LogP contribution < -0.4 is 11.1 Å². The second-order valence-corrected chi connectivity index (χ2v) is 4.65.